The van der Waals surface area contributed by atoms with E-state index in [9.17, 15) is 18.1 Å². The predicted molar refractivity (Wildman–Crippen MR) is 120 cm³/mol. The van der Waals surface area contributed by atoms with Crippen LogP contribution >= 0.6 is 22.6 Å². The van der Waals surface area contributed by atoms with Crippen LogP contribution in [0.4, 0.5) is 0 Å². The number of ether oxygens (including phenoxy) is 1. The fraction of sp³-hybridized carbons (Fsp3) is 0.333. The van der Waals surface area contributed by atoms with Gasteiger partial charge in [0.15, 0.2) is 0 Å². The quantitative estimate of drug-likeness (QED) is 0.364. The number of hydrogen-bond donors (Lipinski definition) is 2. The van der Waals surface area contributed by atoms with Crippen molar-refractivity contribution >= 4 is 38.8 Å². The van der Waals surface area contributed by atoms with Crippen molar-refractivity contribution in [3.63, 3.8) is 0 Å². The van der Waals surface area contributed by atoms with Gasteiger partial charge < -0.3 is 9.84 Å². The second kappa shape index (κ2) is 8.94. The van der Waals surface area contributed by atoms with E-state index in [1.54, 1.807) is 24.3 Å². The summed E-state index contributed by atoms with van der Waals surface area (Å²) in [6.07, 6.45) is 1.69. The van der Waals surface area contributed by atoms with Gasteiger partial charge >= 0.3 is 0 Å². The number of rotatable bonds is 7. The molecular formula is C21H25IO5S. The zero-order valence-electron chi connectivity index (χ0n) is 16.4. The Balaban J connectivity index is 2.70. The molecule has 0 fully saturated rings. The monoisotopic (exact) mass is 516 g/mol. The summed E-state index contributed by atoms with van der Waals surface area (Å²) in [6, 6.07) is 6.96. The summed E-state index contributed by atoms with van der Waals surface area (Å²) in [5.41, 5.74) is 2.46. The Labute approximate surface area is 180 Å². The van der Waals surface area contributed by atoms with Crippen LogP contribution in [0.5, 0.6) is 11.5 Å². The molecule has 0 bridgehead atoms. The third kappa shape index (κ3) is 4.94. The molecule has 2 aromatic rings. The standard InChI is InChI=1S/C21H25IO5S/c1-6-14-7-15(11-23)20(19(22)8-14)27-16-9-17(12(2)3)21(28(24,25)26)18(10-16)13(4)5/h6-10,12-13,23H,1,11H2,2-5H3,(H,24,25,26). The highest BCUT2D eigenvalue weighted by molar-refractivity contribution is 14.1. The fourth-order valence-electron chi connectivity index (χ4n) is 3.00. The van der Waals surface area contributed by atoms with Gasteiger partial charge in [-0.2, -0.15) is 8.42 Å². The minimum Gasteiger partial charge on any atom is -0.456 e. The van der Waals surface area contributed by atoms with Crippen molar-refractivity contribution in [1.82, 2.24) is 0 Å². The van der Waals surface area contributed by atoms with Crippen LogP contribution in [-0.2, 0) is 16.7 Å². The van der Waals surface area contributed by atoms with Crippen LogP contribution in [-0.4, -0.2) is 18.1 Å². The summed E-state index contributed by atoms with van der Waals surface area (Å²) in [4.78, 5) is -0.0519. The molecule has 0 atom stereocenters. The summed E-state index contributed by atoms with van der Waals surface area (Å²) >= 11 is 2.13. The summed E-state index contributed by atoms with van der Waals surface area (Å²) in [7, 11) is -4.38. The minimum atomic E-state index is -4.38. The van der Waals surface area contributed by atoms with Crippen LogP contribution in [0.15, 0.2) is 35.7 Å². The van der Waals surface area contributed by atoms with E-state index >= 15 is 0 Å². The topological polar surface area (TPSA) is 83.8 Å². The molecule has 152 valence electrons. The van der Waals surface area contributed by atoms with E-state index in [2.05, 4.69) is 29.2 Å². The van der Waals surface area contributed by atoms with Crippen molar-refractivity contribution in [2.75, 3.05) is 0 Å². The van der Waals surface area contributed by atoms with Gasteiger partial charge in [0.05, 0.1) is 10.2 Å². The maximum atomic E-state index is 12.0. The van der Waals surface area contributed by atoms with E-state index in [1.165, 1.54) is 0 Å². The molecule has 0 amide bonds. The number of halogens is 1. The lowest BCUT2D eigenvalue weighted by molar-refractivity contribution is 0.276. The normalized spacial score (nSPS) is 11.9. The molecule has 2 N–H and O–H groups in total. The van der Waals surface area contributed by atoms with Gasteiger partial charge in [0.1, 0.15) is 16.4 Å². The van der Waals surface area contributed by atoms with Crippen molar-refractivity contribution in [2.45, 2.75) is 51.0 Å². The largest absolute Gasteiger partial charge is 0.456 e. The van der Waals surface area contributed by atoms with Gasteiger partial charge in [-0.3, -0.25) is 4.55 Å². The molecule has 0 radical (unpaired) electrons. The van der Waals surface area contributed by atoms with Crippen LogP contribution in [0.2, 0.25) is 0 Å². The Morgan fingerprint density at radius 3 is 2.04 bits per heavy atom. The second-order valence-electron chi connectivity index (χ2n) is 7.17. The van der Waals surface area contributed by atoms with Crippen molar-refractivity contribution in [1.29, 1.82) is 0 Å². The van der Waals surface area contributed by atoms with Crippen LogP contribution < -0.4 is 4.74 Å². The van der Waals surface area contributed by atoms with Gasteiger partial charge in [-0.1, -0.05) is 40.3 Å². The third-order valence-electron chi connectivity index (χ3n) is 4.39. The van der Waals surface area contributed by atoms with Crippen LogP contribution in [0.25, 0.3) is 6.08 Å². The van der Waals surface area contributed by atoms with Gasteiger partial charge in [-0.05, 0) is 75.4 Å². The number of aliphatic hydroxyl groups excluding tert-OH is 1. The van der Waals surface area contributed by atoms with E-state index in [1.807, 2.05) is 33.8 Å². The minimum absolute atomic E-state index is 0.0519. The highest BCUT2D eigenvalue weighted by Crippen LogP contribution is 2.39. The highest BCUT2D eigenvalue weighted by atomic mass is 127. The van der Waals surface area contributed by atoms with Gasteiger partial charge in [0, 0.05) is 5.56 Å². The summed E-state index contributed by atoms with van der Waals surface area (Å²) in [5, 5.41) is 9.75. The Bertz CT molecular complexity index is 965. The van der Waals surface area contributed by atoms with E-state index in [0.29, 0.717) is 28.2 Å². The third-order valence-corrected chi connectivity index (χ3v) is 6.18. The molecule has 28 heavy (non-hydrogen) atoms. The zero-order chi connectivity index (χ0) is 21.2. The van der Waals surface area contributed by atoms with Crippen molar-refractivity contribution in [3.8, 4) is 11.5 Å². The number of benzene rings is 2. The molecule has 0 saturated heterocycles. The average molecular weight is 516 g/mol. The molecule has 0 spiro atoms. The Morgan fingerprint density at radius 2 is 1.64 bits per heavy atom. The lowest BCUT2D eigenvalue weighted by Crippen LogP contribution is -2.10. The van der Waals surface area contributed by atoms with Gasteiger partial charge in [0.2, 0.25) is 0 Å². The fourth-order valence-corrected chi connectivity index (χ4v) is 5.00. The van der Waals surface area contributed by atoms with Crippen LogP contribution in [0.1, 0.15) is 61.8 Å². The van der Waals surface area contributed by atoms with Crippen molar-refractivity contribution in [2.24, 2.45) is 0 Å². The molecule has 7 heteroatoms. The lowest BCUT2D eigenvalue weighted by Gasteiger charge is -2.21. The van der Waals surface area contributed by atoms with Crippen LogP contribution in [0, 0.1) is 3.57 Å². The molecule has 0 aliphatic heterocycles. The van der Waals surface area contributed by atoms with E-state index in [-0.39, 0.29) is 23.3 Å². The molecule has 2 aromatic carbocycles. The predicted octanol–water partition coefficient (Wildman–Crippen LogP) is 5.71. The maximum Gasteiger partial charge on any atom is 0.295 e. The maximum absolute atomic E-state index is 12.0. The second-order valence-corrected chi connectivity index (χ2v) is 9.69. The summed E-state index contributed by atoms with van der Waals surface area (Å²) in [6.45, 7) is 11.0. The average Bonchev–Trinajstić information content (AvgIpc) is 2.61. The SMILES string of the molecule is C=Cc1cc(I)c(Oc2cc(C(C)C)c(S(=O)(=O)O)c(C(C)C)c2)c(CO)c1. The van der Waals surface area contributed by atoms with Crippen molar-refractivity contribution < 1.29 is 22.8 Å². The highest BCUT2D eigenvalue weighted by Gasteiger charge is 2.25. The van der Waals surface area contributed by atoms with Gasteiger partial charge in [0.25, 0.3) is 10.1 Å². The van der Waals surface area contributed by atoms with E-state index in [0.717, 1.165) is 9.13 Å². The first-order chi connectivity index (χ1) is 13.0. The smallest absolute Gasteiger partial charge is 0.295 e. The number of aliphatic hydroxyl groups is 1. The Hall–Kier alpha value is -1.42. The van der Waals surface area contributed by atoms with E-state index < -0.39 is 10.1 Å². The molecule has 0 aromatic heterocycles. The lowest BCUT2D eigenvalue weighted by atomic mass is 9.95. The first kappa shape index (κ1) is 22.9. The van der Waals surface area contributed by atoms with Crippen molar-refractivity contribution in [3.05, 3.63) is 56.7 Å². The zero-order valence-corrected chi connectivity index (χ0v) is 19.3. The Kier molecular flexibility index (Phi) is 7.30. The Morgan fingerprint density at radius 1 is 1.11 bits per heavy atom. The molecule has 5 nitrogen and oxygen atoms in total. The first-order valence-corrected chi connectivity index (χ1v) is 11.4. The van der Waals surface area contributed by atoms with Gasteiger partial charge in [-0.25, -0.2) is 0 Å². The summed E-state index contributed by atoms with van der Waals surface area (Å²) in [5.74, 6) is 0.687. The van der Waals surface area contributed by atoms with Gasteiger partial charge in [-0.15, -0.1) is 0 Å². The molecule has 0 heterocycles. The molecule has 0 unspecified atom stereocenters. The molecule has 2 rings (SSSR count). The van der Waals surface area contributed by atoms with Crippen LogP contribution in [0.3, 0.4) is 0 Å². The molecule has 0 aliphatic carbocycles. The molecule has 0 saturated carbocycles. The molecule has 0 aliphatic rings. The molecular weight excluding hydrogens is 491 g/mol. The first-order valence-electron chi connectivity index (χ1n) is 8.88. The number of hydrogen-bond acceptors (Lipinski definition) is 4. The van der Waals surface area contributed by atoms with E-state index in [4.69, 9.17) is 4.74 Å². The summed E-state index contributed by atoms with van der Waals surface area (Å²) < 4.78 is 40.8.